The summed E-state index contributed by atoms with van der Waals surface area (Å²) in [6.45, 7) is 8.34. The Bertz CT molecular complexity index is 171. The first-order valence-electron chi connectivity index (χ1n) is 5.78. The molecule has 0 amide bonds. The van der Waals surface area contributed by atoms with Crippen molar-refractivity contribution in [3.63, 3.8) is 0 Å². The summed E-state index contributed by atoms with van der Waals surface area (Å²) in [4.78, 5) is 11.8. The van der Waals surface area contributed by atoms with E-state index in [-0.39, 0.29) is 5.78 Å². The van der Waals surface area contributed by atoms with Crippen LogP contribution in [0.5, 0.6) is 0 Å². The van der Waals surface area contributed by atoms with Crippen LogP contribution >= 0.6 is 0 Å². The molecule has 2 heteroatoms. The van der Waals surface area contributed by atoms with Gasteiger partial charge in [0.25, 0.3) is 0 Å². The summed E-state index contributed by atoms with van der Waals surface area (Å²) in [6, 6.07) is 0. The van der Waals surface area contributed by atoms with Crippen LogP contribution in [0.15, 0.2) is 0 Å². The highest BCUT2D eigenvalue weighted by molar-refractivity contribution is 5.87. The molecule has 0 rings (SSSR count). The first-order valence-corrected chi connectivity index (χ1v) is 5.78. The molecule has 0 aromatic heterocycles. The number of hydrogen-bond acceptors (Lipinski definition) is 2. The van der Waals surface area contributed by atoms with E-state index >= 15 is 0 Å². The van der Waals surface area contributed by atoms with Gasteiger partial charge in [0, 0.05) is 6.42 Å². The zero-order chi connectivity index (χ0) is 11.2. The zero-order valence-corrected chi connectivity index (χ0v) is 10.1. The molecular weight excluding hydrogens is 174 g/mol. The van der Waals surface area contributed by atoms with Crippen molar-refractivity contribution >= 4 is 5.78 Å². The van der Waals surface area contributed by atoms with Gasteiger partial charge in [0.05, 0.1) is 5.54 Å². The van der Waals surface area contributed by atoms with E-state index in [1.807, 2.05) is 13.8 Å². The van der Waals surface area contributed by atoms with Crippen molar-refractivity contribution in [2.75, 3.05) is 0 Å². The number of carbonyl (C=O) groups excluding carboxylic acids is 1. The van der Waals surface area contributed by atoms with Gasteiger partial charge in [0.2, 0.25) is 0 Å². The molecule has 0 fully saturated rings. The predicted octanol–water partition coefficient (Wildman–Crippen LogP) is 2.90. The Morgan fingerprint density at radius 2 is 1.79 bits per heavy atom. The van der Waals surface area contributed by atoms with E-state index in [0.29, 0.717) is 12.3 Å². The Kier molecular flexibility index (Phi) is 6.01. The topological polar surface area (TPSA) is 43.1 Å². The van der Waals surface area contributed by atoms with E-state index in [4.69, 9.17) is 5.73 Å². The van der Waals surface area contributed by atoms with Crippen molar-refractivity contribution in [1.29, 1.82) is 0 Å². The Balaban J connectivity index is 3.94. The van der Waals surface area contributed by atoms with Crippen LogP contribution in [-0.2, 0) is 4.79 Å². The van der Waals surface area contributed by atoms with Crippen molar-refractivity contribution in [1.82, 2.24) is 0 Å². The molecule has 0 aromatic carbocycles. The summed E-state index contributed by atoms with van der Waals surface area (Å²) in [5.41, 5.74) is 5.45. The number of carbonyl (C=O) groups is 1. The first kappa shape index (κ1) is 13.6. The van der Waals surface area contributed by atoms with Crippen LogP contribution < -0.4 is 5.73 Å². The van der Waals surface area contributed by atoms with Gasteiger partial charge in [-0.15, -0.1) is 0 Å². The van der Waals surface area contributed by atoms with Crippen molar-refractivity contribution in [2.45, 2.75) is 65.3 Å². The number of rotatable bonds is 7. The molecule has 0 aromatic rings. The Hall–Kier alpha value is -0.370. The molecule has 2 nitrogen and oxygen atoms in total. The van der Waals surface area contributed by atoms with E-state index in [0.717, 1.165) is 25.7 Å². The minimum absolute atomic E-state index is 0.239. The SMILES string of the molecule is CCC(N)(CC)C(=O)CCCC(C)C. The second-order valence-corrected chi connectivity index (χ2v) is 4.57. The third-order valence-corrected chi connectivity index (χ3v) is 3.00. The lowest BCUT2D eigenvalue weighted by Gasteiger charge is -2.24. The fraction of sp³-hybridized carbons (Fsp3) is 0.917. The van der Waals surface area contributed by atoms with E-state index in [9.17, 15) is 4.79 Å². The van der Waals surface area contributed by atoms with Crippen molar-refractivity contribution in [3.05, 3.63) is 0 Å². The maximum atomic E-state index is 11.8. The van der Waals surface area contributed by atoms with Crippen molar-refractivity contribution in [3.8, 4) is 0 Å². The van der Waals surface area contributed by atoms with E-state index < -0.39 is 5.54 Å². The molecule has 0 saturated heterocycles. The van der Waals surface area contributed by atoms with Gasteiger partial charge in [0.1, 0.15) is 0 Å². The average molecular weight is 199 g/mol. The van der Waals surface area contributed by atoms with Gasteiger partial charge < -0.3 is 5.73 Å². The second kappa shape index (κ2) is 6.18. The third kappa shape index (κ3) is 4.23. The molecule has 14 heavy (non-hydrogen) atoms. The summed E-state index contributed by atoms with van der Waals surface area (Å²) >= 11 is 0. The predicted molar refractivity (Wildman–Crippen MR) is 61.2 cm³/mol. The van der Waals surface area contributed by atoms with Gasteiger partial charge in [-0.1, -0.05) is 34.1 Å². The maximum absolute atomic E-state index is 11.8. The lowest BCUT2D eigenvalue weighted by molar-refractivity contribution is -0.124. The molecule has 0 bridgehead atoms. The smallest absolute Gasteiger partial charge is 0.152 e. The summed E-state index contributed by atoms with van der Waals surface area (Å²) < 4.78 is 0. The molecule has 2 N–H and O–H groups in total. The summed E-state index contributed by atoms with van der Waals surface area (Å²) in [5, 5.41) is 0. The largest absolute Gasteiger partial charge is 0.319 e. The van der Waals surface area contributed by atoms with Crippen LogP contribution in [0.1, 0.15) is 59.8 Å². The summed E-state index contributed by atoms with van der Waals surface area (Å²) in [7, 11) is 0. The number of nitrogens with two attached hydrogens (primary N) is 1. The molecule has 0 unspecified atom stereocenters. The van der Waals surface area contributed by atoms with Crippen LogP contribution in [0.25, 0.3) is 0 Å². The van der Waals surface area contributed by atoms with Crippen LogP contribution in [0.2, 0.25) is 0 Å². The van der Waals surface area contributed by atoms with Gasteiger partial charge in [-0.25, -0.2) is 0 Å². The Morgan fingerprint density at radius 1 is 1.29 bits per heavy atom. The van der Waals surface area contributed by atoms with Crippen LogP contribution in [0.3, 0.4) is 0 Å². The molecule has 0 aliphatic rings. The third-order valence-electron chi connectivity index (χ3n) is 3.00. The Morgan fingerprint density at radius 3 is 2.14 bits per heavy atom. The fourth-order valence-electron chi connectivity index (χ4n) is 1.56. The molecule has 0 atom stereocenters. The monoisotopic (exact) mass is 199 g/mol. The highest BCUT2D eigenvalue weighted by atomic mass is 16.1. The standard InChI is InChI=1S/C12H25NO/c1-5-12(13,6-2)11(14)9-7-8-10(3)4/h10H,5-9,13H2,1-4H3. The van der Waals surface area contributed by atoms with Gasteiger partial charge in [0.15, 0.2) is 5.78 Å². The van der Waals surface area contributed by atoms with Crippen molar-refractivity contribution < 1.29 is 4.79 Å². The average Bonchev–Trinajstić information content (AvgIpc) is 2.15. The van der Waals surface area contributed by atoms with Crippen LogP contribution in [0, 0.1) is 5.92 Å². The summed E-state index contributed by atoms with van der Waals surface area (Å²) in [5.74, 6) is 0.918. The number of Topliss-reactive ketones (excluding diaryl/α,β-unsaturated/α-hetero) is 1. The number of hydrogen-bond donors (Lipinski definition) is 1. The van der Waals surface area contributed by atoms with Gasteiger partial charge >= 0.3 is 0 Å². The molecule has 0 aliphatic heterocycles. The van der Waals surface area contributed by atoms with E-state index in [2.05, 4.69) is 13.8 Å². The molecule has 0 spiro atoms. The van der Waals surface area contributed by atoms with Gasteiger partial charge in [-0.2, -0.15) is 0 Å². The molecule has 0 saturated carbocycles. The van der Waals surface area contributed by atoms with Crippen LogP contribution in [0.4, 0.5) is 0 Å². The lowest BCUT2D eigenvalue weighted by atomic mass is 9.86. The fourth-order valence-corrected chi connectivity index (χ4v) is 1.56. The minimum Gasteiger partial charge on any atom is -0.319 e. The highest BCUT2D eigenvalue weighted by Crippen LogP contribution is 2.17. The number of ketones is 1. The van der Waals surface area contributed by atoms with Gasteiger partial charge in [-0.05, 0) is 25.2 Å². The molecule has 0 radical (unpaired) electrons. The summed E-state index contributed by atoms with van der Waals surface area (Å²) in [6.07, 6.45) is 4.26. The second-order valence-electron chi connectivity index (χ2n) is 4.57. The normalized spacial score (nSPS) is 12.1. The van der Waals surface area contributed by atoms with E-state index in [1.54, 1.807) is 0 Å². The van der Waals surface area contributed by atoms with Crippen LogP contribution in [-0.4, -0.2) is 11.3 Å². The zero-order valence-electron chi connectivity index (χ0n) is 10.1. The molecule has 0 heterocycles. The maximum Gasteiger partial charge on any atom is 0.152 e. The highest BCUT2D eigenvalue weighted by Gasteiger charge is 2.28. The van der Waals surface area contributed by atoms with Gasteiger partial charge in [-0.3, -0.25) is 4.79 Å². The lowest BCUT2D eigenvalue weighted by Crippen LogP contribution is -2.46. The van der Waals surface area contributed by atoms with E-state index in [1.165, 1.54) is 0 Å². The molecular formula is C12H25NO. The Labute approximate surface area is 88.3 Å². The van der Waals surface area contributed by atoms with Crippen molar-refractivity contribution in [2.24, 2.45) is 11.7 Å². The quantitative estimate of drug-likeness (QED) is 0.685. The first-order chi connectivity index (χ1) is 6.46. The minimum atomic E-state index is -0.559. The molecule has 84 valence electrons. The molecule has 0 aliphatic carbocycles.